The van der Waals surface area contributed by atoms with E-state index in [1.165, 1.54) is 6.20 Å². The van der Waals surface area contributed by atoms with Crippen molar-refractivity contribution in [3.63, 3.8) is 0 Å². The Bertz CT molecular complexity index is 974. The molecule has 1 saturated carbocycles. The van der Waals surface area contributed by atoms with Gasteiger partial charge in [-0.2, -0.15) is 0 Å². The van der Waals surface area contributed by atoms with E-state index in [9.17, 15) is 14.0 Å². The van der Waals surface area contributed by atoms with Crippen LogP contribution in [0.5, 0.6) is 0 Å². The largest absolute Gasteiger partial charge is 0.449 e. The van der Waals surface area contributed by atoms with Gasteiger partial charge in [0.2, 0.25) is 5.91 Å². The first kappa shape index (κ1) is 17.6. The lowest BCUT2D eigenvalue weighted by molar-refractivity contribution is -0.143. The van der Waals surface area contributed by atoms with Gasteiger partial charge in [-0.05, 0) is 36.6 Å². The van der Waals surface area contributed by atoms with Crippen molar-refractivity contribution in [2.75, 3.05) is 13.1 Å². The fourth-order valence-electron chi connectivity index (χ4n) is 4.80. The van der Waals surface area contributed by atoms with E-state index in [1.54, 1.807) is 41.4 Å². The SMILES string of the molecule is O=C1OC2(CCN(C(=O)C3(c4ccc(Cl)cc4)CC(F)C3)C2)c2ccncc21. The number of hydrogen-bond acceptors (Lipinski definition) is 4. The van der Waals surface area contributed by atoms with E-state index < -0.39 is 23.2 Å². The fraction of sp³-hybridized carbons (Fsp3) is 0.381. The first-order valence-corrected chi connectivity index (χ1v) is 9.69. The average molecular weight is 401 g/mol. The number of hydrogen-bond donors (Lipinski definition) is 0. The third-order valence-electron chi connectivity index (χ3n) is 6.29. The summed E-state index contributed by atoms with van der Waals surface area (Å²) in [7, 11) is 0. The van der Waals surface area contributed by atoms with Gasteiger partial charge in [0, 0.05) is 35.9 Å². The topological polar surface area (TPSA) is 59.5 Å². The maximum Gasteiger partial charge on any atom is 0.341 e. The molecular formula is C21H18ClFN2O3. The van der Waals surface area contributed by atoms with Crippen molar-refractivity contribution in [3.05, 3.63) is 64.4 Å². The van der Waals surface area contributed by atoms with Gasteiger partial charge in [-0.3, -0.25) is 9.78 Å². The molecule has 3 aliphatic rings. The lowest BCUT2D eigenvalue weighted by Gasteiger charge is -2.45. The third-order valence-corrected chi connectivity index (χ3v) is 6.54. The Hall–Kier alpha value is -2.47. The predicted molar refractivity (Wildman–Crippen MR) is 99.8 cm³/mol. The quantitative estimate of drug-likeness (QED) is 0.725. The van der Waals surface area contributed by atoms with E-state index in [4.69, 9.17) is 16.3 Å². The Balaban J connectivity index is 1.45. The number of carbonyl (C=O) groups is 2. The molecular weight excluding hydrogens is 383 g/mol. The number of nitrogens with zero attached hydrogens (tertiary/aromatic N) is 2. The van der Waals surface area contributed by atoms with E-state index in [0.29, 0.717) is 23.6 Å². The first-order valence-electron chi connectivity index (χ1n) is 9.31. The molecule has 2 aromatic rings. The van der Waals surface area contributed by atoms with Gasteiger partial charge < -0.3 is 9.64 Å². The van der Waals surface area contributed by atoms with Crippen LogP contribution in [0.4, 0.5) is 4.39 Å². The average Bonchev–Trinajstić information content (AvgIpc) is 3.22. The molecule has 1 aromatic carbocycles. The second-order valence-electron chi connectivity index (χ2n) is 7.88. The summed E-state index contributed by atoms with van der Waals surface area (Å²) in [6, 6.07) is 8.84. The molecule has 1 aromatic heterocycles. The van der Waals surface area contributed by atoms with E-state index in [-0.39, 0.29) is 25.3 Å². The van der Waals surface area contributed by atoms with Gasteiger partial charge in [-0.15, -0.1) is 0 Å². The molecule has 1 atom stereocenters. The van der Waals surface area contributed by atoms with Crippen LogP contribution in [-0.2, 0) is 20.5 Å². The van der Waals surface area contributed by atoms with Crippen molar-refractivity contribution in [2.24, 2.45) is 0 Å². The highest BCUT2D eigenvalue weighted by Gasteiger charge is 2.57. The van der Waals surface area contributed by atoms with Crippen molar-refractivity contribution in [1.29, 1.82) is 0 Å². The van der Waals surface area contributed by atoms with Crippen LogP contribution in [0.15, 0.2) is 42.7 Å². The molecule has 1 amide bonds. The second-order valence-corrected chi connectivity index (χ2v) is 8.31. The highest BCUT2D eigenvalue weighted by Crippen LogP contribution is 2.50. The minimum absolute atomic E-state index is 0.112. The van der Waals surface area contributed by atoms with Gasteiger partial charge in [-0.1, -0.05) is 23.7 Å². The summed E-state index contributed by atoms with van der Waals surface area (Å²) >= 11 is 5.98. The zero-order chi connectivity index (χ0) is 19.5. The summed E-state index contributed by atoms with van der Waals surface area (Å²) in [6.45, 7) is 0.737. The number of alkyl halides is 1. The minimum Gasteiger partial charge on any atom is -0.449 e. The molecule has 1 unspecified atom stereocenters. The van der Waals surface area contributed by atoms with Crippen LogP contribution in [0.25, 0.3) is 0 Å². The van der Waals surface area contributed by atoms with Crippen molar-refractivity contribution in [2.45, 2.75) is 36.5 Å². The van der Waals surface area contributed by atoms with Crippen LogP contribution in [0.2, 0.25) is 5.02 Å². The van der Waals surface area contributed by atoms with Crippen LogP contribution in [0.3, 0.4) is 0 Å². The lowest BCUT2D eigenvalue weighted by atomic mass is 9.62. The zero-order valence-electron chi connectivity index (χ0n) is 15.0. The van der Waals surface area contributed by atoms with Gasteiger partial charge in [0.05, 0.1) is 17.5 Å². The molecule has 0 radical (unpaired) electrons. The number of likely N-dealkylation sites (tertiary alicyclic amines) is 1. The second kappa shape index (κ2) is 6.01. The number of carbonyl (C=O) groups excluding carboxylic acids is 2. The number of halogens is 2. The number of amides is 1. The Morgan fingerprint density at radius 2 is 2.00 bits per heavy atom. The van der Waals surface area contributed by atoms with Gasteiger partial charge in [0.25, 0.3) is 0 Å². The van der Waals surface area contributed by atoms with Crippen molar-refractivity contribution >= 4 is 23.5 Å². The van der Waals surface area contributed by atoms with Gasteiger partial charge >= 0.3 is 5.97 Å². The molecule has 1 spiro atoms. The zero-order valence-corrected chi connectivity index (χ0v) is 15.8. The van der Waals surface area contributed by atoms with Crippen LogP contribution in [0.1, 0.15) is 40.7 Å². The molecule has 3 heterocycles. The molecule has 5 nitrogen and oxygen atoms in total. The highest BCUT2D eigenvalue weighted by molar-refractivity contribution is 6.30. The molecule has 0 bridgehead atoms. The van der Waals surface area contributed by atoms with E-state index >= 15 is 0 Å². The molecule has 28 heavy (non-hydrogen) atoms. The Kier molecular flexibility index (Phi) is 3.78. The van der Waals surface area contributed by atoms with E-state index in [0.717, 1.165) is 11.1 Å². The number of esters is 1. The fourth-order valence-corrected chi connectivity index (χ4v) is 4.93. The van der Waals surface area contributed by atoms with Crippen LogP contribution < -0.4 is 0 Å². The normalized spacial score (nSPS) is 30.9. The van der Waals surface area contributed by atoms with Crippen LogP contribution in [0, 0.1) is 0 Å². The van der Waals surface area contributed by atoms with Crippen molar-refractivity contribution < 1.29 is 18.7 Å². The van der Waals surface area contributed by atoms with Crippen molar-refractivity contribution in [3.8, 4) is 0 Å². The summed E-state index contributed by atoms with van der Waals surface area (Å²) in [5.41, 5.74) is 0.311. The maximum absolute atomic E-state index is 13.9. The van der Waals surface area contributed by atoms with E-state index in [1.807, 2.05) is 0 Å². The molecule has 0 N–H and O–H groups in total. The van der Waals surface area contributed by atoms with Crippen LogP contribution in [-0.4, -0.2) is 41.0 Å². The Morgan fingerprint density at radius 3 is 2.71 bits per heavy atom. The monoisotopic (exact) mass is 400 g/mol. The minimum atomic E-state index is -0.993. The summed E-state index contributed by atoms with van der Waals surface area (Å²) in [5.74, 6) is -0.517. The molecule has 2 aliphatic heterocycles. The molecule has 1 saturated heterocycles. The number of ether oxygens (including phenoxy) is 1. The summed E-state index contributed by atoms with van der Waals surface area (Å²) in [5, 5.41) is 0.575. The summed E-state index contributed by atoms with van der Waals surface area (Å²) in [4.78, 5) is 31.4. The molecule has 144 valence electrons. The summed E-state index contributed by atoms with van der Waals surface area (Å²) < 4.78 is 19.6. The van der Waals surface area contributed by atoms with Crippen molar-refractivity contribution in [1.82, 2.24) is 9.88 Å². The third kappa shape index (κ3) is 2.40. The van der Waals surface area contributed by atoms with Gasteiger partial charge in [-0.25, -0.2) is 9.18 Å². The predicted octanol–water partition coefficient (Wildman–Crippen LogP) is 3.40. The number of rotatable bonds is 2. The highest BCUT2D eigenvalue weighted by atomic mass is 35.5. The first-order chi connectivity index (χ1) is 13.4. The van der Waals surface area contributed by atoms with Gasteiger partial charge in [0.15, 0.2) is 5.60 Å². The molecule has 1 aliphatic carbocycles. The molecule has 5 rings (SSSR count). The molecule has 2 fully saturated rings. The van der Waals surface area contributed by atoms with Gasteiger partial charge in [0.1, 0.15) is 6.17 Å². The Morgan fingerprint density at radius 1 is 1.25 bits per heavy atom. The summed E-state index contributed by atoms with van der Waals surface area (Å²) in [6.07, 6.45) is 2.99. The number of fused-ring (bicyclic) bond motifs is 2. The smallest absolute Gasteiger partial charge is 0.341 e. The number of aromatic nitrogens is 1. The van der Waals surface area contributed by atoms with E-state index in [2.05, 4.69) is 4.98 Å². The van der Waals surface area contributed by atoms with Crippen LogP contribution >= 0.6 is 11.6 Å². The number of benzene rings is 1. The lowest BCUT2D eigenvalue weighted by Crippen LogP contribution is -2.55. The maximum atomic E-state index is 13.9. The Labute approximate surface area is 166 Å². The standard InChI is InChI=1S/C21H18ClFN2O3/c22-14-3-1-13(2-4-14)20(9-15(23)10-20)19(27)25-8-6-21(12-25)17-5-7-24-11-16(17)18(26)28-21/h1-5,7,11,15H,6,8-10,12H2. The number of pyridine rings is 1. The molecule has 7 heteroatoms.